The number of hydrogen-bond acceptors (Lipinski definition) is 2. The summed E-state index contributed by atoms with van der Waals surface area (Å²) >= 11 is 5.94. The van der Waals surface area contributed by atoms with Crippen LogP contribution >= 0.6 is 11.6 Å². The highest BCUT2D eigenvalue weighted by atomic mass is 35.5. The van der Waals surface area contributed by atoms with Gasteiger partial charge in [0.2, 0.25) is 0 Å². The largest absolute Gasteiger partial charge is 0.356 e. The monoisotopic (exact) mass is 339 g/mol. The molecule has 2 heterocycles. The first-order valence-corrected chi connectivity index (χ1v) is 8.08. The van der Waals surface area contributed by atoms with Crippen molar-refractivity contribution in [3.63, 3.8) is 0 Å². The molecule has 0 aliphatic rings. The molecule has 1 amide bonds. The summed E-state index contributed by atoms with van der Waals surface area (Å²) in [5, 5.41) is 0.524. The van der Waals surface area contributed by atoms with Gasteiger partial charge >= 0.3 is 0 Å². The van der Waals surface area contributed by atoms with Crippen LogP contribution in [0, 0.1) is 6.92 Å². The van der Waals surface area contributed by atoms with Gasteiger partial charge in [0, 0.05) is 31.7 Å². The van der Waals surface area contributed by atoms with Crippen LogP contribution in [0.25, 0.3) is 0 Å². The van der Waals surface area contributed by atoms with Crippen LogP contribution in [0.4, 0.5) is 0 Å². The summed E-state index contributed by atoms with van der Waals surface area (Å²) in [7, 11) is 0. The molecule has 3 aromatic rings. The molecule has 0 saturated carbocycles. The quantitative estimate of drug-likeness (QED) is 0.756. The molecule has 0 saturated heterocycles. The average Bonchev–Trinajstić information content (AvgIpc) is 3.03. The molecule has 1 N–H and O–H groups in total. The zero-order valence-electron chi connectivity index (χ0n) is 13.4. The first-order chi connectivity index (χ1) is 11.6. The van der Waals surface area contributed by atoms with Gasteiger partial charge in [-0.25, -0.2) is 0 Å². The number of halogens is 1. The molecule has 24 heavy (non-hydrogen) atoms. The maximum atomic E-state index is 12.9. The molecule has 0 aliphatic heterocycles. The Morgan fingerprint density at radius 2 is 2.04 bits per heavy atom. The van der Waals surface area contributed by atoms with Crippen molar-refractivity contribution in [3.05, 3.63) is 88.5 Å². The Morgan fingerprint density at radius 1 is 1.21 bits per heavy atom. The number of rotatable bonds is 5. The predicted molar refractivity (Wildman–Crippen MR) is 94.8 cm³/mol. The first-order valence-electron chi connectivity index (χ1n) is 7.70. The van der Waals surface area contributed by atoms with E-state index in [4.69, 9.17) is 11.6 Å². The van der Waals surface area contributed by atoms with E-state index in [9.17, 15) is 4.79 Å². The summed E-state index contributed by atoms with van der Waals surface area (Å²) in [6.45, 7) is 3.06. The zero-order valence-corrected chi connectivity index (χ0v) is 14.1. The lowest BCUT2D eigenvalue weighted by molar-refractivity contribution is 0.0724. The smallest absolute Gasteiger partial charge is 0.270 e. The highest BCUT2D eigenvalue weighted by molar-refractivity contribution is 6.30. The van der Waals surface area contributed by atoms with E-state index < -0.39 is 0 Å². The van der Waals surface area contributed by atoms with Crippen molar-refractivity contribution in [2.24, 2.45) is 0 Å². The van der Waals surface area contributed by atoms with Gasteiger partial charge in [0.1, 0.15) is 5.69 Å². The van der Waals surface area contributed by atoms with E-state index >= 15 is 0 Å². The minimum Gasteiger partial charge on any atom is -0.356 e. The molecular weight excluding hydrogens is 322 g/mol. The van der Waals surface area contributed by atoms with Gasteiger partial charge < -0.3 is 9.88 Å². The second kappa shape index (κ2) is 7.32. The van der Waals surface area contributed by atoms with E-state index in [2.05, 4.69) is 9.97 Å². The summed E-state index contributed by atoms with van der Waals surface area (Å²) in [6.07, 6.45) is 5.12. The van der Waals surface area contributed by atoms with Crippen LogP contribution in [0.3, 0.4) is 0 Å². The molecule has 0 atom stereocenters. The molecule has 0 spiro atoms. The number of carbonyl (C=O) groups is 1. The molecule has 0 bridgehead atoms. The van der Waals surface area contributed by atoms with Gasteiger partial charge in [0.15, 0.2) is 0 Å². The van der Waals surface area contributed by atoms with Gasteiger partial charge in [-0.2, -0.15) is 0 Å². The average molecular weight is 340 g/mol. The molecular formula is C19H18ClN3O. The third-order valence-corrected chi connectivity index (χ3v) is 4.10. The zero-order chi connectivity index (χ0) is 16.9. The lowest BCUT2D eigenvalue weighted by atomic mass is 10.1. The molecule has 5 heteroatoms. The number of carbonyl (C=O) groups excluding carboxylic acids is 1. The fourth-order valence-corrected chi connectivity index (χ4v) is 2.73. The highest BCUT2D eigenvalue weighted by Crippen LogP contribution is 2.17. The normalized spacial score (nSPS) is 10.6. The molecule has 0 fully saturated rings. The van der Waals surface area contributed by atoms with Crippen molar-refractivity contribution in [1.29, 1.82) is 0 Å². The van der Waals surface area contributed by atoms with Crippen LogP contribution in [-0.4, -0.2) is 20.8 Å². The van der Waals surface area contributed by atoms with Crippen molar-refractivity contribution < 1.29 is 4.79 Å². The topological polar surface area (TPSA) is 49.0 Å². The van der Waals surface area contributed by atoms with E-state index in [1.54, 1.807) is 29.6 Å². The highest BCUT2D eigenvalue weighted by Gasteiger charge is 2.19. The lowest BCUT2D eigenvalue weighted by Gasteiger charge is -2.23. The van der Waals surface area contributed by atoms with Gasteiger partial charge in [-0.15, -0.1) is 0 Å². The Labute approximate surface area is 146 Å². The number of nitrogens with zero attached hydrogens (tertiary/aromatic N) is 2. The lowest BCUT2D eigenvalue weighted by Crippen LogP contribution is -2.30. The van der Waals surface area contributed by atoms with Crippen LogP contribution in [0.2, 0.25) is 5.02 Å². The maximum Gasteiger partial charge on any atom is 0.270 e. The van der Waals surface area contributed by atoms with Crippen LogP contribution in [0.15, 0.2) is 61.1 Å². The molecule has 122 valence electrons. The molecule has 2 aromatic heterocycles. The second-order valence-corrected chi connectivity index (χ2v) is 6.12. The third kappa shape index (κ3) is 3.84. The molecule has 4 nitrogen and oxygen atoms in total. The second-order valence-electron chi connectivity index (χ2n) is 5.68. The van der Waals surface area contributed by atoms with Crippen LogP contribution in [0.1, 0.15) is 27.2 Å². The molecule has 0 unspecified atom stereocenters. The summed E-state index contributed by atoms with van der Waals surface area (Å²) < 4.78 is 0. The van der Waals surface area contributed by atoms with Gasteiger partial charge in [0.25, 0.3) is 5.91 Å². The minimum absolute atomic E-state index is 0.0889. The van der Waals surface area contributed by atoms with Gasteiger partial charge in [-0.1, -0.05) is 41.9 Å². The fourth-order valence-electron chi connectivity index (χ4n) is 2.57. The first kappa shape index (κ1) is 16.3. The standard InChI is InChI=1S/C19H18ClN3O/c1-14-5-2-3-7-16(14)13-23(12-15-6-4-8-21-10-15)19(24)18-9-17(20)11-22-18/h2-11,22H,12-13H2,1H3. The third-order valence-electron chi connectivity index (χ3n) is 3.88. The van der Waals surface area contributed by atoms with E-state index in [1.807, 2.05) is 43.3 Å². The minimum atomic E-state index is -0.0889. The van der Waals surface area contributed by atoms with Crippen molar-refractivity contribution in [3.8, 4) is 0 Å². The molecule has 1 aromatic carbocycles. The summed E-state index contributed by atoms with van der Waals surface area (Å²) in [5.41, 5.74) is 3.74. The SMILES string of the molecule is Cc1ccccc1CN(Cc1cccnc1)C(=O)c1cc(Cl)c[nH]1. The Hall–Kier alpha value is -2.59. The van der Waals surface area contributed by atoms with Crippen molar-refractivity contribution in [2.75, 3.05) is 0 Å². The number of aryl methyl sites for hydroxylation is 1. The summed E-state index contributed by atoms with van der Waals surface area (Å²) in [6, 6.07) is 13.6. The number of aromatic amines is 1. The van der Waals surface area contributed by atoms with Gasteiger partial charge in [-0.05, 0) is 35.7 Å². The van der Waals surface area contributed by atoms with E-state index in [0.717, 1.165) is 16.7 Å². The number of aromatic nitrogens is 2. The number of benzene rings is 1. The molecule has 3 rings (SSSR count). The van der Waals surface area contributed by atoms with E-state index in [0.29, 0.717) is 23.8 Å². The van der Waals surface area contributed by atoms with E-state index in [1.165, 1.54) is 0 Å². The fraction of sp³-hybridized carbons (Fsp3) is 0.158. The maximum absolute atomic E-state index is 12.9. The van der Waals surface area contributed by atoms with Gasteiger partial charge in [0.05, 0.1) is 5.02 Å². The molecule has 0 aliphatic carbocycles. The molecule has 0 radical (unpaired) electrons. The van der Waals surface area contributed by atoms with Crippen LogP contribution < -0.4 is 0 Å². The van der Waals surface area contributed by atoms with Gasteiger partial charge in [-0.3, -0.25) is 9.78 Å². The summed E-state index contributed by atoms with van der Waals surface area (Å²) in [5.74, 6) is -0.0889. The van der Waals surface area contributed by atoms with Crippen LogP contribution in [-0.2, 0) is 13.1 Å². The van der Waals surface area contributed by atoms with Crippen molar-refractivity contribution in [2.45, 2.75) is 20.0 Å². The number of pyridine rings is 1. The Kier molecular flexibility index (Phi) is 4.96. The Balaban J connectivity index is 1.88. The number of hydrogen-bond donors (Lipinski definition) is 1. The number of H-pyrrole nitrogens is 1. The summed E-state index contributed by atoms with van der Waals surface area (Å²) in [4.78, 5) is 21.8. The number of nitrogens with one attached hydrogen (secondary N) is 1. The van der Waals surface area contributed by atoms with Crippen molar-refractivity contribution >= 4 is 17.5 Å². The van der Waals surface area contributed by atoms with E-state index in [-0.39, 0.29) is 5.91 Å². The number of amides is 1. The Bertz CT molecular complexity index is 829. The Morgan fingerprint density at radius 3 is 2.71 bits per heavy atom. The van der Waals surface area contributed by atoms with Crippen molar-refractivity contribution in [1.82, 2.24) is 14.9 Å². The predicted octanol–water partition coefficient (Wildman–Crippen LogP) is 4.21. The van der Waals surface area contributed by atoms with Crippen LogP contribution in [0.5, 0.6) is 0 Å².